The summed E-state index contributed by atoms with van der Waals surface area (Å²) in [5.41, 5.74) is 0. The molecule has 0 aromatic carbocycles. The van der Waals surface area contributed by atoms with E-state index in [-0.39, 0.29) is 34.2 Å². The maximum atomic E-state index is 11.7. The SMILES string of the molecule is CNC(C)CNS(=O)(=O)c1ccc([N+](=O)[O-])s1.Cl. The zero-order valence-corrected chi connectivity index (χ0v) is 12.2. The van der Waals surface area contributed by atoms with Gasteiger partial charge in [0, 0.05) is 18.7 Å². The number of sulfonamides is 1. The van der Waals surface area contributed by atoms with Crippen molar-refractivity contribution in [1.29, 1.82) is 0 Å². The Hall–Kier alpha value is -0.740. The number of halogens is 1. The van der Waals surface area contributed by atoms with Crippen LogP contribution in [0.1, 0.15) is 6.92 Å². The molecule has 10 heteroatoms. The zero-order valence-electron chi connectivity index (χ0n) is 9.74. The van der Waals surface area contributed by atoms with Gasteiger partial charge in [0.1, 0.15) is 4.21 Å². The summed E-state index contributed by atoms with van der Waals surface area (Å²) in [5, 5.41) is 13.1. The monoisotopic (exact) mass is 315 g/mol. The van der Waals surface area contributed by atoms with Gasteiger partial charge in [0.05, 0.1) is 4.92 Å². The van der Waals surface area contributed by atoms with Crippen LogP contribution in [-0.4, -0.2) is 33.0 Å². The maximum absolute atomic E-state index is 11.7. The van der Waals surface area contributed by atoms with Gasteiger partial charge < -0.3 is 5.32 Å². The first-order valence-electron chi connectivity index (χ1n) is 4.78. The molecule has 1 aromatic heterocycles. The number of nitrogens with one attached hydrogen (secondary N) is 2. The molecule has 1 atom stereocenters. The third-order valence-corrected chi connectivity index (χ3v) is 5.04. The van der Waals surface area contributed by atoms with Crippen molar-refractivity contribution in [2.45, 2.75) is 17.2 Å². The van der Waals surface area contributed by atoms with E-state index in [9.17, 15) is 18.5 Å². The van der Waals surface area contributed by atoms with E-state index in [1.54, 1.807) is 7.05 Å². The first-order valence-corrected chi connectivity index (χ1v) is 7.08. The lowest BCUT2D eigenvalue weighted by Gasteiger charge is -2.10. The zero-order chi connectivity index (χ0) is 13.1. The number of nitrogens with zero attached hydrogens (tertiary/aromatic N) is 1. The number of hydrogen-bond acceptors (Lipinski definition) is 6. The standard InChI is InChI=1S/C8H13N3O4S2.ClH/c1-6(9-2)5-10-17(14,15)8-4-3-7(16-8)11(12)13;/h3-4,6,9-10H,5H2,1-2H3;1H. The van der Waals surface area contributed by atoms with Crippen LogP contribution in [0.25, 0.3) is 0 Å². The fourth-order valence-corrected chi connectivity index (χ4v) is 3.24. The molecule has 0 aliphatic heterocycles. The van der Waals surface area contributed by atoms with Crippen molar-refractivity contribution >= 4 is 38.8 Å². The van der Waals surface area contributed by atoms with Crippen molar-refractivity contribution in [3.8, 4) is 0 Å². The van der Waals surface area contributed by atoms with Crippen molar-refractivity contribution in [2.24, 2.45) is 0 Å². The molecule has 18 heavy (non-hydrogen) atoms. The highest BCUT2D eigenvalue weighted by Gasteiger charge is 2.20. The number of thiophene rings is 1. The number of rotatable bonds is 6. The average Bonchev–Trinajstić information content (AvgIpc) is 2.76. The summed E-state index contributed by atoms with van der Waals surface area (Å²) < 4.78 is 25.8. The Morgan fingerprint density at radius 3 is 2.56 bits per heavy atom. The van der Waals surface area contributed by atoms with Crippen LogP contribution in [0, 0.1) is 10.1 Å². The normalized spacial score (nSPS) is 12.8. The molecule has 1 unspecified atom stereocenters. The summed E-state index contributed by atoms with van der Waals surface area (Å²) in [6, 6.07) is 2.40. The maximum Gasteiger partial charge on any atom is 0.325 e. The van der Waals surface area contributed by atoms with Gasteiger partial charge in [-0.3, -0.25) is 10.1 Å². The van der Waals surface area contributed by atoms with Gasteiger partial charge in [-0.25, -0.2) is 13.1 Å². The van der Waals surface area contributed by atoms with E-state index >= 15 is 0 Å². The lowest BCUT2D eigenvalue weighted by molar-refractivity contribution is -0.380. The Kier molecular flexibility index (Phi) is 6.71. The second kappa shape index (κ2) is 7.00. The second-order valence-electron chi connectivity index (χ2n) is 3.39. The molecular formula is C8H14ClN3O4S2. The number of likely N-dealkylation sites (N-methyl/N-ethyl adjacent to an activating group) is 1. The highest BCUT2D eigenvalue weighted by Crippen LogP contribution is 2.27. The molecule has 0 amide bonds. The van der Waals surface area contributed by atoms with Crippen molar-refractivity contribution in [2.75, 3.05) is 13.6 Å². The predicted octanol–water partition coefficient (Wildman–Crippen LogP) is 0.964. The Balaban J connectivity index is 0.00000289. The van der Waals surface area contributed by atoms with Gasteiger partial charge in [0.2, 0.25) is 10.0 Å². The van der Waals surface area contributed by atoms with Crippen LogP contribution in [0.4, 0.5) is 5.00 Å². The molecule has 1 rings (SSSR count). The molecule has 0 fully saturated rings. The van der Waals surface area contributed by atoms with E-state index in [4.69, 9.17) is 0 Å². The lowest BCUT2D eigenvalue weighted by Crippen LogP contribution is -2.36. The Morgan fingerprint density at radius 2 is 2.11 bits per heavy atom. The highest BCUT2D eigenvalue weighted by molar-refractivity contribution is 7.91. The van der Waals surface area contributed by atoms with Gasteiger partial charge >= 0.3 is 5.00 Å². The van der Waals surface area contributed by atoms with E-state index in [0.717, 1.165) is 0 Å². The Morgan fingerprint density at radius 1 is 1.50 bits per heavy atom. The summed E-state index contributed by atoms with van der Waals surface area (Å²) in [6.07, 6.45) is 0. The third kappa shape index (κ3) is 4.50. The molecule has 1 aromatic rings. The van der Waals surface area contributed by atoms with Gasteiger partial charge in [-0.1, -0.05) is 0 Å². The molecule has 0 bridgehead atoms. The van der Waals surface area contributed by atoms with E-state index in [1.807, 2.05) is 6.92 Å². The minimum Gasteiger partial charge on any atom is -0.316 e. The number of hydrogen-bond donors (Lipinski definition) is 2. The van der Waals surface area contributed by atoms with Crippen LogP contribution in [0.2, 0.25) is 0 Å². The van der Waals surface area contributed by atoms with E-state index in [2.05, 4.69) is 10.0 Å². The molecule has 2 N–H and O–H groups in total. The molecular weight excluding hydrogens is 302 g/mol. The van der Waals surface area contributed by atoms with Crippen LogP contribution < -0.4 is 10.0 Å². The topological polar surface area (TPSA) is 101 Å². The molecule has 7 nitrogen and oxygen atoms in total. The minimum absolute atomic E-state index is 0. The van der Waals surface area contributed by atoms with Crippen molar-refractivity contribution in [1.82, 2.24) is 10.0 Å². The molecule has 0 saturated carbocycles. The fraction of sp³-hybridized carbons (Fsp3) is 0.500. The summed E-state index contributed by atoms with van der Waals surface area (Å²) in [7, 11) is -1.94. The predicted molar refractivity (Wildman–Crippen MR) is 71.9 cm³/mol. The van der Waals surface area contributed by atoms with Gasteiger partial charge in [0.15, 0.2) is 0 Å². The highest BCUT2D eigenvalue weighted by atomic mass is 35.5. The van der Waals surface area contributed by atoms with Crippen LogP contribution in [-0.2, 0) is 10.0 Å². The third-order valence-electron chi connectivity index (χ3n) is 2.08. The van der Waals surface area contributed by atoms with E-state index in [1.165, 1.54) is 12.1 Å². The molecule has 0 spiro atoms. The summed E-state index contributed by atoms with van der Waals surface area (Å²) in [6.45, 7) is 2.05. The molecule has 0 aliphatic rings. The van der Waals surface area contributed by atoms with Gasteiger partial charge in [0.25, 0.3) is 0 Å². The van der Waals surface area contributed by atoms with Crippen molar-refractivity contribution in [3.05, 3.63) is 22.2 Å². The van der Waals surface area contributed by atoms with Crippen molar-refractivity contribution < 1.29 is 13.3 Å². The van der Waals surface area contributed by atoms with Gasteiger partial charge in [-0.15, -0.1) is 12.4 Å². The molecule has 0 aliphatic carbocycles. The fourth-order valence-electron chi connectivity index (χ4n) is 0.961. The minimum atomic E-state index is -3.65. The largest absolute Gasteiger partial charge is 0.325 e. The first-order chi connectivity index (χ1) is 7.86. The molecule has 0 saturated heterocycles. The van der Waals surface area contributed by atoms with Crippen LogP contribution in [0.5, 0.6) is 0 Å². The second-order valence-corrected chi connectivity index (χ2v) is 6.45. The van der Waals surface area contributed by atoms with Gasteiger partial charge in [-0.05, 0) is 31.4 Å². The van der Waals surface area contributed by atoms with Crippen molar-refractivity contribution in [3.63, 3.8) is 0 Å². The van der Waals surface area contributed by atoms with Crippen LogP contribution in [0.3, 0.4) is 0 Å². The molecule has 1 heterocycles. The summed E-state index contributed by atoms with van der Waals surface area (Å²) in [5.74, 6) is 0. The summed E-state index contributed by atoms with van der Waals surface area (Å²) >= 11 is 0.637. The van der Waals surface area contributed by atoms with Crippen LogP contribution in [0.15, 0.2) is 16.3 Å². The van der Waals surface area contributed by atoms with E-state index < -0.39 is 14.9 Å². The number of nitro groups is 1. The smallest absolute Gasteiger partial charge is 0.316 e. The molecule has 104 valence electrons. The lowest BCUT2D eigenvalue weighted by atomic mass is 10.4. The van der Waals surface area contributed by atoms with Gasteiger partial charge in [-0.2, -0.15) is 0 Å². The first kappa shape index (κ1) is 17.3. The quantitative estimate of drug-likeness (QED) is 0.601. The van der Waals surface area contributed by atoms with E-state index in [0.29, 0.717) is 11.3 Å². The average molecular weight is 316 g/mol. The Bertz CT molecular complexity index is 502. The Labute approximate surface area is 115 Å². The van der Waals surface area contributed by atoms with Crippen LogP contribution >= 0.6 is 23.7 Å². The summed E-state index contributed by atoms with van der Waals surface area (Å²) in [4.78, 5) is 9.83. The molecule has 0 radical (unpaired) electrons.